The zero-order valence-corrected chi connectivity index (χ0v) is 9.64. The Bertz CT molecular complexity index is 391. The van der Waals surface area contributed by atoms with Gasteiger partial charge in [0.15, 0.2) is 0 Å². The molecule has 1 amide bonds. The van der Waals surface area contributed by atoms with Crippen LogP contribution >= 0.6 is 23.2 Å². The first-order valence-electron chi connectivity index (χ1n) is 4.30. The topological polar surface area (TPSA) is 41.5 Å². The summed E-state index contributed by atoms with van der Waals surface area (Å²) >= 11 is 11.7. The van der Waals surface area contributed by atoms with Crippen LogP contribution in [-0.4, -0.2) is 24.7 Å². The second kappa shape index (κ2) is 5.73. The number of hydrogen-bond acceptors (Lipinski definition) is 2. The zero-order chi connectivity index (χ0) is 11.3. The smallest absolute Gasteiger partial charge is 0.241 e. The molecule has 1 rings (SSSR count). The van der Waals surface area contributed by atoms with E-state index in [9.17, 15) is 4.79 Å². The van der Waals surface area contributed by atoms with E-state index in [2.05, 4.69) is 10.3 Å². The number of halogens is 2. The van der Waals surface area contributed by atoms with Gasteiger partial charge in [0.05, 0.1) is 0 Å². The minimum absolute atomic E-state index is 0.0157. The lowest BCUT2D eigenvalue weighted by Crippen LogP contribution is -2.20. The van der Waals surface area contributed by atoms with E-state index in [0.717, 1.165) is 0 Å². The van der Waals surface area contributed by atoms with Crippen LogP contribution in [0.3, 0.4) is 0 Å². The van der Waals surface area contributed by atoms with E-state index in [1.165, 1.54) is 0 Å². The summed E-state index contributed by atoms with van der Waals surface area (Å²) in [4.78, 5) is 14.8. The molecule has 0 radical (unpaired) electrons. The summed E-state index contributed by atoms with van der Waals surface area (Å²) in [5.74, 6) is -0.185. The highest BCUT2D eigenvalue weighted by molar-refractivity contribution is 6.69. The van der Waals surface area contributed by atoms with Crippen molar-refractivity contribution in [3.8, 4) is 0 Å². The molecule has 1 aromatic rings. The second-order valence-corrected chi connectivity index (χ2v) is 3.59. The van der Waals surface area contributed by atoms with Crippen LogP contribution in [0.5, 0.6) is 0 Å². The summed E-state index contributed by atoms with van der Waals surface area (Å²) in [5, 5.41) is 3.32. The van der Waals surface area contributed by atoms with Gasteiger partial charge in [-0.05, 0) is 12.1 Å². The molecule has 0 aliphatic rings. The Balaban J connectivity index is 2.75. The van der Waals surface area contributed by atoms with Crippen molar-refractivity contribution >= 4 is 34.3 Å². The summed E-state index contributed by atoms with van der Waals surface area (Å²) in [5.41, 5.74) is 0.702. The average molecular weight is 245 g/mol. The Morgan fingerprint density at radius 2 is 2.27 bits per heavy atom. The van der Waals surface area contributed by atoms with E-state index in [1.54, 1.807) is 31.3 Å². The first kappa shape index (κ1) is 12.0. The number of likely N-dealkylation sites (N-methyl/N-ethyl adjacent to an activating group) is 1. The standard InChI is InChI=1S/C10H10Cl2N2O/c1-13-9(15)6-14-10(12)7-3-2-4-8(11)5-7/h2-5H,6H2,1H3,(H,13,15). The SMILES string of the molecule is CNC(=O)CN=C(Cl)c1cccc(Cl)c1. The van der Waals surface area contributed by atoms with Crippen molar-refractivity contribution in [2.45, 2.75) is 0 Å². The van der Waals surface area contributed by atoms with Gasteiger partial charge in [0.1, 0.15) is 11.7 Å². The second-order valence-electron chi connectivity index (χ2n) is 2.79. The lowest BCUT2D eigenvalue weighted by molar-refractivity contribution is -0.119. The van der Waals surface area contributed by atoms with E-state index in [4.69, 9.17) is 23.2 Å². The van der Waals surface area contributed by atoms with E-state index >= 15 is 0 Å². The zero-order valence-electron chi connectivity index (χ0n) is 8.13. The van der Waals surface area contributed by atoms with Crippen molar-refractivity contribution < 1.29 is 4.79 Å². The van der Waals surface area contributed by atoms with Gasteiger partial charge >= 0.3 is 0 Å². The third-order valence-corrected chi connectivity index (χ3v) is 2.28. The first-order chi connectivity index (χ1) is 7.13. The number of carbonyl (C=O) groups excluding carboxylic acids is 1. The highest BCUT2D eigenvalue weighted by Crippen LogP contribution is 2.13. The van der Waals surface area contributed by atoms with Gasteiger partial charge in [-0.2, -0.15) is 0 Å². The molecule has 0 aliphatic carbocycles. The third-order valence-electron chi connectivity index (χ3n) is 1.70. The number of aliphatic imine (C=N–C) groups is 1. The average Bonchev–Trinajstić information content (AvgIpc) is 2.25. The fourth-order valence-electron chi connectivity index (χ4n) is 0.928. The van der Waals surface area contributed by atoms with Crippen LogP contribution < -0.4 is 5.32 Å². The molecule has 1 aromatic carbocycles. The minimum atomic E-state index is -0.185. The lowest BCUT2D eigenvalue weighted by Gasteiger charge is -1.99. The quantitative estimate of drug-likeness (QED) is 0.814. The van der Waals surface area contributed by atoms with Gasteiger partial charge in [0.25, 0.3) is 0 Å². The van der Waals surface area contributed by atoms with E-state index in [-0.39, 0.29) is 17.6 Å². The van der Waals surface area contributed by atoms with Crippen LogP contribution in [0.4, 0.5) is 0 Å². The van der Waals surface area contributed by atoms with E-state index < -0.39 is 0 Å². The molecular formula is C10H10Cl2N2O. The van der Waals surface area contributed by atoms with Crippen molar-refractivity contribution in [2.75, 3.05) is 13.6 Å². The maximum absolute atomic E-state index is 10.9. The molecule has 0 bridgehead atoms. The Kier molecular flexibility index (Phi) is 4.59. The fourth-order valence-corrected chi connectivity index (χ4v) is 1.30. The third kappa shape index (κ3) is 3.90. The molecule has 1 N–H and O–H groups in total. The molecule has 0 aromatic heterocycles. The highest BCUT2D eigenvalue weighted by Gasteiger charge is 2.01. The Morgan fingerprint density at radius 3 is 2.87 bits per heavy atom. The maximum atomic E-state index is 10.9. The van der Waals surface area contributed by atoms with Crippen molar-refractivity contribution in [1.29, 1.82) is 0 Å². The predicted molar refractivity (Wildman–Crippen MR) is 62.8 cm³/mol. The first-order valence-corrected chi connectivity index (χ1v) is 5.05. The predicted octanol–water partition coefficient (Wildman–Crippen LogP) is 2.07. The molecule has 0 unspecified atom stereocenters. The molecule has 0 aliphatic heterocycles. The van der Waals surface area contributed by atoms with Crippen molar-refractivity contribution in [1.82, 2.24) is 5.32 Å². The van der Waals surface area contributed by atoms with Gasteiger partial charge in [-0.25, -0.2) is 0 Å². The molecule has 0 fully saturated rings. The fraction of sp³-hybridized carbons (Fsp3) is 0.200. The molecule has 0 heterocycles. The molecule has 15 heavy (non-hydrogen) atoms. The molecule has 0 atom stereocenters. The Hall–Kier alpha value is -1.06. The number of benzene rings is 1. The van der Waals surface area contributed by atoms with Gasteiger partial charge in [0.2, 0.25) is 5.91 Å². The molecule has 0 spiro atoms. The van der Waals surface area contributed by atoms with Crippen molar-refractivity contribution in [2.24, 2.45) is 4.99 Å². The van der Waals surface area contributed by atoms with Crippen LogP contribution in [0.25, 0.3) is 0 Å². The van der Waals surface area contributed by atoms with Crippen LogP contribution in [0.15, 0.2) is 29.3 Å². The number of carbonyl (C=O) groups is 1. The largest absolute Gasteiger partial charge is 0.358 e. The summed E-state index contributed by atoms with van der Waals surface area (Å²) in [6, 6.07) is 6.99. The Morgan fingerprint density at radius 1 is 1.53 bits per heavy atom. The summed E-state index contributed by atoms with van der Waals surface area (Å²) < 4.78 is 0. The van der Waals surface area contributed by atoms with Crippen LogP contribution in [0, 0.1) is 0 Å². The molecular weight excluding hydrogens is 235 g/mol. The molecule has 5 heteroatoms. The van der Waals surface area contributed by atoms with Gasteiger partial charge in [-0.15, -0.1) is 0 Å². The van der Waals surface area contributed by atoms with Crippen LogP contribution in [0.1, 0.15) is 5.56 Å². The number of rotatable bonds is 3. The summed E-state index contributed by atoms with van der Waals surface area (Å²) in [7, 11) is 1.55. The van der Waals surface area contributed by atoms with Gasteiger partial charge in [0, 0.05) is 17.6 Å². The number of nitrogens with zero attached hydrogens (tertiary/aromatic N) is 1. The monoisotopic (exact) mass is 244 g/mol. The lowest BCUT2D eigenvalue weighted by atomic mass is 10.2. The molecule has 3 nitrogen and oxygen atoms in total. The van der Waals surface area contributed by atoms with Gasteiger partial charge < -0.3 is 5.32 Å². The number of nitrogens with one attached hydrogen (secondary N) is 1. The van der Waals surface area contributed by atoms with E-state index in [0.29, 0.717) is 10.6 Å². The highest BCUT2D eigenvalue weighted by atomic mass is 35.5. The summed E-state index contributed by atoms with van der Waals surface area (Å²) in [6.07, 6.45) is 0. The van der Waals surface area contributed by atoms with Crippen LogP contribution in [-0.2, 0) is 4.79 Å². The van der Waals surface area contributed by atoms with Gasteiger partial charge in [-0.3, -0.25) is 9.79 Å². The van der Waals surface area contributed by atoms with Gasteiger partial charge in [-0.1, -0.05) is 35.3 Å². The molecule has 0 saturated carbocycles. The van der Waals surface area contributed by atoms with E-state index in [1.807, 2.05) is 0 Å². The Labute approximate surface area is 98.1 Å². The minimum Gasteiger partial charge on any atom is -0.358 e. The maximum Gasteiger partial charge on any atom is 0.241 e. The van der Waals surface area contributed by atoms with Crippen molar-refractivity contribution in [3.63, 3.8) is 0 Å². The molecule has 0 saturated heterocycles. The summed E-state index contributed by atoms with van der Waals surface area (Å²) in [6.45, 7) is 0.0157. The normalized spacial score (nSPS) is 11.3. The molecule has 80 valence electrons. The number of amides is 1. The van der Waals surface area contributed by atoms with Crippen LogP contribution in [0.2, 0.25) is 5.02 Å². The number of hydrogen-bond donors (Lipinski definition) is 1. The van der Waals surface area contributed by atoms with Crippen molar-refractivity contribution in [3.05, 3.63) is 34.9 Å².